The number of aliphatic hydroxyl groups is 1. The van der Waals surface area contributed by atoms with Gasteiger partial charge in [-0.1, -0.05) is 0 Å². The van der Waals surface area contributed by atoms with Crippen molar-refractivity contribution in [3.8, 4) is 5.75 Å². The molecule has 0 radical (unpaired) electrons. The molecule has 1 rings (SSSR count). The van der Waals surface area contributed by atoms with Gasteiger partial charge in [0.25, 0.3) is 0 Å². The van der Waals surface area contributed by atoms with Gasteiger partial charge >= 0.3 is 58.6 Å². The van der Waals surface area contributed by atoms with Crippen molar-refractivity contribution >= 4 is 14.5 Å². The molecule has 48 valence electrons. The van der Waals surface area contributed by atoms with Crippen LogP contribution in [0.1, 0.15) is 0 Å². The molecule has 0 fully saturated rings. The molecule has 0 saturated carbocycles. The summed E-state index contributed by atoms with van der Waals surface area (Å²) < 4.78 is 4.91. The minimum absolute atomic E-state index is 0.457. The molecular weight excluding hydrogens is 183 g/mol. The van der Waals surface area contributed by atoms with E-state index in [4.69, 9.17) is 9.84 Å². The van der Waals surface area contributed by atoms with Gasteiger partial charge < -0.3 is 0 Å². The molecule has 9 heavy (non-hydrogen) atoms. The zero-order valence-electron chi connectivity index (χ0n) is 4.65. The zero-order valence-corrected chi connectivity index (χ0v) is 6.36. The standard InChI is InChI=1S/C6H6O2Se/c7-2-3-8-6-1-4-9-5-6/h1-5,7H/b3-2+. The van der Waals surface area contributed by atoms with Crippen LogP contribution in [0, 0.1) is 0 Å². The van der Waals surface area contributed by atoms with E-state index in [1.54, 1.807) is 0 Å². The average Bonchev–Trinajstić information content (AvgIpc) is 2.34. The van der Waals surface area contributed by atoms with Gasteiger partial charge in [-0.05, 0) is 0 Å². The van der Waals surface area contributed by atoms with E-state index in [1.165, 1.54) is 6.26 Å². The quantitative estimate of drug-likeness (QED) is 0.558. The third-order valence-corrected chi connectivity index (χ3v) is 2.15. The predicted molar refractivity (Wildman–Crippen MR) is 35.8 cm³/mol. The van der Waals surface area contributed by atoms with Crippen LogP contribution in [0.25, 0.3) is 0 Å². The molecular formula is C6H6O2Se. The van der Waals surface area contributed by atoms with Crippen LogP contribution in [-0.4, -0.2) is 19.6 Å². The fraction of sp³-hybridized carbons (Fsp3) is 0. The van der Waals surface area contributed by atoms with E-state index in [0.717, 1.165) is 12.0 Å². The summed E-state index contributed by atoms with van der Waals surface area (Å²) in [5.74, 6) is 0.820. The van der Waals surface area contributed by atoms with Crippen molar-refractivity contribution in [2.75, 3.05) is 0 Å². The Kier molecular flexibility index (Phi) is 2.43. The van der Waals surface area contributed by atoms with Crippen molar-refractivity contribution in [1.29, 1.82) is 0 Å². The molecule has 1 N–H and O–H groups in total. The third-order valence-electron chi connectivity index (χ3n) is 0.760. The Bertz CT molecular complexity index is 179. The Morgan fingerprint density at radius 3 is 3.11 bits per heavy atom. The third kappa shape index (κ3) is 1.96. The maximum absolute atomic E-state index is 8.17. The van der Waals surface area contributed by atoms with Gasteiger partial charge in [0.05, 0.1) is 0 Å². The number of ether oxygens (including phenoxy) is 1. The van der Waals surface area contributed by atoms with Crippen molar-refractivity contribution in [3.05, 3.63) is 28.5 Å². The molecule has 0 aliphatic heterocycles. The zero-order chi connectivity index (χ0) is 6.53. The van der Waals surface area contributed by atoms with Gasteiger partial charge in [0.2, 0.25) is 0 Å². The Morgan fingerprint density at radius 2 is 2.56 bits per heavy atom. The number of hydrogen-bond acceptors (Lipinski definition) is 2. The summed E-state index contributed by atoms with van der Waals surface area (Å²) in [6.45, 7) is 0. The molecule has 1 aromatic rings. The van der Waals surface area contributed by atoms with Gasteiger partial charge in [-0.2, -0.15) is 0 Å². The summed E-state index contributed by atoms with van der Waals surface area (Å²) in [7, 11) is 0. The van der Waals surface area contributed by atoms with Crippen LogP contribution in [0.4, 0.5) is 0 Å². The molecule has 0 atom stereocenters. The molecule has 0 saturated heterocycles. The van der Waals surface area contributed by atoms with E-state index < -0.39 is 0 Å². The molecule has 0 unspecified atom stereocenters. The summed E-state index contributed by atoms with van der Waals surface area (Å²) in [5.41, 5.74) is 0. The molecule has 2 nitrogen and oxygen atoms in total. The van der Waals surface area contributed by atoms with Gasteiger partial charge in [0.1, 0.15) is 0 Å². The van der Waals surface area contributed by atoms with Crippen LogP contribution in [0.3, 0.4) is 0 Å². The van der Waals surface area contributed by atoms with Crippen molar-refractivity contribution < 1.29 is 9.84 Å². The van der Waals surface area contributed by atoms with E-state index in [0.29, 0.717) is 14.5 Å². The van der Waals surface area contributed by atoms with Crippen LogP contribution in [0.2, 0.25) is 0 Å². The van der Waals surface area contributed by atoms with Crippen LogP contribution in [0.15, 0.2) is 28.5 Å². The molecule has 3 heteroatoms. The Labute approximate surface area is 59.1 Å². The Morgan fingerprint density at radius 1 is 1.67 bits per heavy atom. The Hall–Kier alpha value is -0.661. The van der Waals surface area contributed by atoms with Gasteiger partial charge in [0.15, 0.2) is 0 Å². The van der Waals surface area contributed by atoms with E-state index in [9.17, 15) is 0 Å². The summed E-state index contributed by atoms with van der Waals surface area (Å²) in [5, 5.41) is 8.17. The van der Waals surface area contributed by atoms with Gasteiger partial charge in [-0.3, -0.25) is 0 Å². The first-order chi connectivity index (χ1) is 4.43. The normalized spacial score (nSPS) is 10.2. The summed E-state index contributed by atoms with van der Waals surface area (Å²) in [4.78, 5) is 4.04. The Balaban J connectivity index is 2.48. The fourth-order valence-electron chi connectivity index (χ4n) is 0.428. The SMILES string of the molecule is O/C=C/Oc1cc[se]c1. The van der Waals surface area contributed by atoms with E-state index in [1.807, 2.05) is 15.9 Å². The van der Waals surface area contributed by atoms with Crippen molar-refractivity contribution in [3.63, 3.8) is 0 Å². The van der Waals surface area contributed by atoms with Crippen LogP contribution in [-0.2, 0) is 0 Å². The molecule has 1 aromatic heterocycles. The van der Waals surface area contributed by atoms with Crippen molar-refractivity contribution in [1.82, 2.24) is 0 Å². The van der Waals surface area contributed by atoms with E-state index in [-0.39, 0.29) is 0 Å². The molecule has 0 bridgehead atoms. The molecule has 0 aliphatic rings. The summed E-state index contributed by atoms with van der Waals surface area (Å²) in [6, 6.07) is 1.89. The first-order valence-corrected chi connectivity index (χ1v) is 4.39. The summed E-state index contributed by atoms with van der Waals surface area (Å²) in [6.07, 6.45) is 2.12. The van der Waals surface area contributed by atoms with Gasteiger partial charge in [-0.15, -0.1) is 0 Å². The number of aliphatic hydroxyl groups excluding tert-OH is 1. The molecule has 0 amide bonds. The van der Waals surface area contributed by atoms with Crippen molar-refractivity contribution in [2.45, 2.75) is 0 Å². The second kappa shape index (κ2) is 3.38. The van der Waals surface area contributed by atoms with Gasteiger partial charge in [0, 0.05) is 0 Å². The molecule has 0 aliphatic carbocycles. The number of rotatable bonds is 2. The molecule has 1 heterocycles. The second-order valence-electron chi connectivity index (χ2n) is 1.36. The van der Waals surface area contributed by atoms with Gasteiger partial charge in [-0.25, -0.2) is 0 Å². The average molecular weight is 189 g/mol. The predicted octanol–water partition coefficient (Wildman–Crippen LogP) is 1.15. The van der Waals surface area contributed by atoms with Crippen LogP contribution < -0.4 is 4.74 Å². The minimum atomic E-state index is 0.457. The van der Waals surface area contributed by atoms with E-state index in [2.05, 4.69) is 0 Å². The first kappa shape index (κ1) is 6.46. The topological polar surface area (TPSA) is 29.5 Å². The monoisotopic (exact) mass is 190 g/mol. The summed E-state index contributed by atoms with van der Waals surface area (Å²) >= 11 is 0.457. The van der Waals surface area contributed by atoms with E-state index >= 15 is 0 Å². The van der Waals surface area contributed by atoms with Crippen LogP contribution >= 0.6 is 0 Å². The van der Waals surface area contributed by atoms with Crippen LogP contribution in [0.5, 0.6) is 5.75 Å². The first-order valence-electron chi connectivity index (χ1n) is 2.41. The fourth-order valence-corrected chi connectivity index (χ4v) is 1.60. The second-order valence-corrected chi connectivity index (χ2v) is 3.00. The molecule has 0 aromatic carbocycles. The van der Waals surface area contributed by atoms with Crippen molar-refractivity contribution in [2.24, 2.45) is 0 Å². The number of hydrogen-bond donors (Lipinski definition) is 1. The molecule has 0 spiro atoms. The maximum atomic E-state index is 8.17.